The van der Waals surface area contributed by atoms with Crippen molar-refractivity contribution in [1.29, 1.82) is 0 Å². The van der Waals surface area contributed by atoms with Crippen LogP contribution in [0.5, 0.6) is 0 Å². The van der Waals surface area contributed by atoms with Crippen molar-refractivity contribution in [2.45, 2.75) is 25.3 Å². The molecule has 6 nitrogen and oxygen atoms in total. The smallest absolute Gasteiger partial charge is 0.306 e. The summed E-state index contributed by atoms with van der Waals surface area (Å²) in [5.41, 5.74) is 0.332. The fourth-order valence-corrected chi connectivity index (χ4v) is 3.77. The first-order valence-electron chi connectivity index (χ1n) is 7.67. The third kappa shape index (κ3) is 3.14. The fourth-order valence-electron chi connectivity index (χ4n) is 3.27. The summed E-state index contributed by atoms with van der Waals surface area (Å²) in [5.74, 6) is -1.82. The molecule has 1 N–H and O–H groups in total. The summed E-state index contributed by atoms with van der Waals surface area (Å²) in [7, 11) is 0. The van der Waals surface area contributed by atoms with E-state index in [0.717, 1.165) is 4.90 Å². The molecule has 0 bridgehead atoms. The van der Waals surface area contributed by atoms with E-state index in [2.05, 4.69) is 0 Å². The number of anilines is 1. The van der Waals surface area contributed by atoms with Crippen LogP contribution in [0.1, 0.15) is 19.3 Å². The third-order valence-electron chi connectivity index (χ3n) is 4.59. The van der Waals surface area contributed by atoms with Crippen LogP contribution in [-0.2, 0) is 14.4 Å². The Morgan fingerprint density at radius 2 is 1.83 bits per heavy atom. The average Bonchev–Trinajstić information content (AvgIpc) is 2.83. The van der Waals surface area contributed by atoms with Crippen LogP contribution in [0.25, 0.3) is 0 Å². The molecule has 0 aliphatic carbocycles. The van der Waals surface area contributed by atoms with E-state index in [4.69, 9.17) is 28.3 Å². The molecule has 128 valence electrons. The molecule has 0 unspecified atom stereocenters. The van der Waals surface area contributed by atoms with Gasteiger partial charge in [0.05, 0.1) is 29.1 Å². The lowest BCUT2D eigenvalue weighted by atomic mass is 9.96. The Morgan fingerprint density at radius 3 is 2.42 bits per heavy atom. The summed E-state index contributed by atoms with van der Waals surface area (Å²) in [6, 6.07) is 4.07. The zero-order valence-electron chi connectivity index (χ0n) is 12.7. The summed E-state index contributed by atoms with van der Waals surface area (Å²) in [4.78, 5) is 39.1. The van der Waals surface area contributed by atoms with Crippen molar-refractivity contribution in [3.63, 3.8) is 0 Å². The summed E-state index contributed by atoms with van der Waals surface area (Å²) < 4.78 is 0. The lowest BCUT2D eigenvalue weighted by molar-refractivity contribution is -0.143. The zero-order chi connectivity index (χ0) is 17.4. The number of carboxylic acid groups (broad SMARTS) is 1. The zero-order valence-corrected chi connectivity index (χ0v) is 14.3. The highest BCUT2D eigenvalue weighted by molar-refractivity contribution is 6.38. The maximum atomic E-state index is 12.7. The minimum atomic E-state index is -0.807. The highest BCUT2D eigenvalue weighted by Crippen LogP contribution is 2.34. The summed E-state index contributed by atoms with van der Waals surface area (Å²) in [6.45, 7) is 0.978. The Kier molecular flexibility index (Phi) is 4.80. The van der Waals surface area contributed by atoms with Crippen molar-refractivity contribution < 1.29 is 19.5 Å². The van der Waals surface area contributed by atoms with E-state index in [1.54, 1.807) is 12.1 Å². The molecule has 8 heteroatoms. The molecule has 0 spiro atoms. The standard InChI is InChI=1S/C16H16Cl2N2O4/c17-10-1-2-12(11(18)7-10)20-14(21)8-13(15(20)22)19-5-3-9(4-6-19)16(23)24/h1-2,7,9,13H,3-6,8H2,(H,23,24)/t13-/m1/s1. The number of benzene rings is 1. The van der Waals surface area contributed by atoms with Gasteiger partial charge in [0.15, 0.2) is 0 Å². The van der Waals surface area contributed by atoms with Crippen LogP contribution in [0.4, 0.5) is 5.69 Å². The van der Waals surface area contributed by atoms with Crippen molar-refractivity contribution in [2.75, 3.05) is 18.0 Å². The predicted molar refractivity (Wildman–Crippen MR) is 89.3 cm³/mol. The van der Waals surface area contributed by atoms with Gasteiger partial charge in [-0.2, -0.15) is 0 Å². The molecule has 2 saturated heterocycles. The molecular formula is C16H16Cl2N2O4. The first-order chi connectivity index (χ1) is 11.4. The van der Waals surface area contributed by atoms with Gasteiger partial charge in [-0.25, -0.2) is 4.90 Å². The van der Waals surface area contributed by atoms with Gasteiger partial charge in [-0.15, -0.1) is 0 Å². The van der Waals surface area contributed by atoms with Crippen LogP contribution < -0.4 is 4.90 Å². The van der Waals surface area contributed by atoms with Gasteiger partial charge < -0.3 is 5.11 Å². The van der Waals surface area contributed by atoms with Crippen LogP contribution in [-0.4, -0.2) is 46.9 Å². The Balaban J connectivity index is 1.76. The molecular weight excluding hydrogens is 355 g/mol. The number of halogens is 2. The van der Waals surface area contributed by atoms with Crippen LogP contribution in [0.3, 0.4) is 0 Å². The van der Waals surface area contributed by atoms with E-state index in [-0.39, 0.29) is 29.2 Å². The number of carboxylic acids is 1. The van der Waals surface area contributed by atoms with E-state index < -0.39 is 12.0 Å². The predicted octanol–water partition coefficient (Wildman–Crippen LogP) is 2.42. The number of imide groups is 1. The van der Waals surface area contributed by atoms with Gasteiger partial charge in [-0.05, 0) is 44.1 Å². The third-order valence-corrected chi connectivity index (χ3v) is 5.13. The monoisotopic (exact) mass is 370 g/mol. The number of hydrogen-bond donors (Lipinski definition) is 1. The van der Waals surface area contributed by atoms with Gasteiger partial charge in [0.25, 0.3) is 5.91 Å². The van der Waals surface area contributed by atoms with Gasteiger partial charge in [0, 0.05) is 5.02 Å². The summed E-state index contributed by atoms with van der Waals surface area (Å²) in [5, 5.41) is 9.73. The minimum Gasteiger partial charge on any atom is -0.481 e. The lowest BCUT2D eigenvalue weighted by Crippen LogP contribution is -2.46. The number of likely N-dealkylation sites (tertiary alicyclic amines) is 1. The molecule has 0 radical (unpaired) electrons. The molecule has 2 aliphatic rings. The Labute approximate surface area is 148 Å². The van der Waals surface area contributed by atoms with Gasteiger partial charge >= 0.3 is 5.97 Å². The second kappa shape index (κ2) is 6.70. The van der Waals surface area contributed by atoms with Crippen molar-refractivity contribution in [2.24, 2.45) is 5.92 Å². The number of rotatable bonds is 3. The largest absolute Gasteiger partial charge is 0.481 e. The van der Waals surface area contributed by atoms with Crippen LogP contribution in [0.15, 0.2) is 18.2 Å². The maximum Gasteiger partial charge on any atom is 0.306 e. The van der Waals surface area contributed by atoms with Gasteiger partial charge in [0.2, 0.25) is 5.91 Å². The molecule has 2 aliphatic heterocycles. The highest BCUT2D eigenvalue weighted by Gasteiger charge is 2.44. The molecule has 2 amide bonds. The summed E-state index contributed by atoms with van der Waals surface area (Å²) in [6.07, 6.45) is 1.04. The number of piperidine rings is 1. The molecule has 24 heavy (non-hydrogen) atoms. The lowest BCUT2D eigenvalue weighted by Gasteiger charge is -2.33. The maximum absolute atomic E-state index is 12.7. The number of amides is 2. The fraction of sp³-hybridized carbons (Fsp3) is 0.438. The van der Waals surface area contributed by atoms with E-state index in [1.807, 2.05) is 4.90 Å². The molecule has 0 aromatic heterocycles. The molecule has 2 fully saturated rings. The minimum absolute atomic E-state index is 0.0789. The van der Waals surface area contributed by atoms with E-state index in [1.165, 1.54) is 6.07 Å². The molecule has 1 aromatic rings. The summed E-state index contributed by atoms with van der Waals surface area (Å²) >= 11 is 12.0. The molecule has 1 atom stereocenters. The van der Waals surface area contributed by atoms with Crippen LogP contribution >= 0.6 is 23.2 Å². The number of nitrogens with zero attached hydrogens (tertiary/aromatic N) is 2. The van der Waals surface area contributed by atoms with Crippen LogP contribution in [0, 0.1) is 5.92 Å². The Bertz CT molecular complexity index is 701. The highest BCUT2D eigenvalue weighted by atomic mass is 35.5. The first kappa shape index (κ1) is 17.2. The van der Waals surface area contributed by atoms with Gasteiger partial charge in [-0.3, -0.25) is 19.3 Å². The topological polar surface area (TPSA) is 77.9 Å². The molecule has 2 heterocycles. The Hall–Kier alpha value is -1.63. The normalized spacial score (nSPS) is 23.1. The van der Waals surface area contributed by atoms with Gasteiger partial charge in [0.1, 0.15) is 0 Å². The van der Waals surface area contributed by atoms with E-state index >= 15 is 0 Å². The van der Waals surface area contributed by atoms with Crippen molar-refractivity contribution in [3.8, 4) is 0 Å². The van der Waals surface area contributed by atoms with E-state index in [0.29, 0.717) is 36.6 Å². The SMILES string of the molecule is O=C(O)C1CCN([C@@H]2CC(=O)N(c3ccc(Cl)cc3Cl)C2=O)CC1. The number of carbonyl (C=O) groups is 3. The number of hydrogen-bond acceptors (Lipinski definition) is 4. The average molecular weight is 371 g/mol. The molecule has 0 saturated carbocycles. The molecule has 3 rings (SSSR count). The number of carbonyl (C=O) groups excluding carboxylic acids is 2. The quantitative estimate of drug-likeness (QED) is 0.826. The molecule has 1 aromatic carbocycles. The van der Waals surface area contributed by atoms with Crippen molar-refractivity contribution >= 4 is 46.7 Å². The Morgan fingerprint density at radius 1 is 1.17 bits per heavy atom. The first-order valence-corrected chi connectivity index (χ1v) is 8.43. The second-order valence-electron chi connectivity index (χ2n) is 6.03. The second-order valence-corrected chi connectivity index (χ2v) is 6.88. The van der Waals surface area contributed by atoms with Crippen molar-refractivity contribution in [1.82, 2.24) is 4.90 Å². The van der Waals surface area contributed by atoms with Crippen molar-refractivity contribution in [3.05, 3.63) is 28.2 Å². The van der Waals surface area contributed by atoms with Gasteiger partial charge in [-0.1, -0.05) is 23.2 Å². The number of aliphatic carboxylic acids is 1. The van der Waals surface area contributed by atoms with E-state index in [9.17, 15) is 14.4 Å². The van der Waals surface area contributed by atoms with Crippen LogP contribution in [0.2, 0.25) is 10.0 Å².